The summed E-state index contributed by atoms with van der Waals surface area (Å²) in [6, 6.07) is 2.62. The Bertz CT molecular complexity index is 769. The van der Waals surface area contributed by atoms with Gasteiger partial charge in [-0.15, -0.1) is 0 Å². The van der Waals surface area contributed by atoms with E-state index >= 15 is 0 Å². The van der Waals surface area contributed by atoms with Gasteiger partial charge in [0.15, 0.2) is 0 Å². The molecule has 2 aliphatic heterocycles. The monoisotopic (exact) mass is 429 g/mol. The summed E-state index contributed by atoms with van der Waals surface area (Å²) in [5, 5.41) is 3.44. The molecule has 31 heavy (non-hydrogen) atoms. The SMILES string of the molecule is CCOC(=O)[C@@H]1CCCN(C(=O)CC[C@@H]2CCCN(c3cc(NC4CC4)ncn3)C2)C1. The molecule has 0 spiro atoms. The normalized spacial score (nSPS) is 24.0. The number of carbonyl (C=O) groups excluding carboxylic acids is 2. The number of hydrogen-bond acceptors (Lipinski definition) is 7. The third-order valence-electron chi connectivity index (χ3n) is 6.59. The van der Waals surface area contributed by atoms with Crippen LogP contribution in [0, 0.1) is 11.8 Å². The molecular weight excluding hydrogens is 394 g/mol. The fraction of sp³-hybridized carbons (Fsp3) is 0.739. The first-order valence-corrected chi connectivity index (χ1v) is 11.9. The number of nitrogens with one attached hydrogen (secondary N) is 1. The lowest BCUT2D eigenvalue weighted by Gasteiger charge is -2.35. The summed E-state index contributed by atoms with van der Waals surface area (Å²) in [7, 11) is 0. The van der Waals surface area contributed by atoms with Crippen LogP contribution in [0.5, 0.6) is 0 Å². The van der Waals surface area contributed by atoms with Crippen molar-refractivity contribution < 1.29 is 14.3 Å². The first kappa shape index (κ1) is 21.8. The standard InChI is InChI=1S/C23H35N5O3/c1-2-31-23(30)18-6-4-12-28(15-18)22(29)10-7-17-5-3-11-27(14-17)21-13-20(24-16-25-21)26-19-8-9-19/h13,16-19H,2-12,14-15H2,1H3,(H,24,25,26)/t17-,18+/m0/s1. The number of esters is 1. The van der Waals surface area contributed by atoms with E-state index in [1.54, 1.807) is 6.33 Å². The Morgan fingerprint density at radius 2 is 1.97 bits per heavy atom. The lowest BCUT2D eigenvalue weighted by atomic mass is 9.92. The minimum atomic E-state index is -0.168. The van der Waals surface area contributed by atoms with Gasteiger partial charge in [-0.2, -0.15) is 0 Å². The molecule has 4 rings (SSSR count). The molecule has 1 amide bonds. The predicted octanol–water partition coefficient (Wildman–Crippen LogP) is 2.85. The molecule has 1 aromatic heterocycles. The lowest BCUT2D eigenvalue weighted by Crippen LogP contribution is -2.43. The van der Waals surface area contributed by atoms with Crippen molar-refractivity contribution in [2.24, 2.45) is 11.8 Å². The molecule has 2 atom stereocenters. The molecule has 1 saturated carbocycles. The van der Waals surface area contributed by atoms with Gasteiger partial charge < -0.3 is 19.9 Å². The van der Waals surface area contributed by atoms with Crippen molar-refractivity contribution in [2.45, 2.75) is 64.3 Å². The number of amides is 1. The molecule has 3 aliphatic rings. The van der Waals surface area contributed by atoms with Crippen LogP contribution in [0.1, 0.15) is 58.3 Å². The molecule has 8 heteroatoms. The largest absolute Gasteiger partial charge is 0.466 e. The van der Waals surface area contributed by atoms with Crippen molar-refractivity contribution in [3.05, 3.63) is 12.4 Å². The molecule has 2 saturated heterocycles. The number of anilines is 2. The van der Waals surface area contributed by atoms with Gasteiger partial charge in [-0.3, -0.25) is 9.59 Å². The van der Waals surface area contributed by atoms with E-state index in [0.29, 0.717) is 31.5 Å². The Morgan fingerprint density at radius 1 is 1.13 bits per heavy atom. The molecule has 1 aliphatic carbocycles. The van der Waals surface area contributed by atoms with Crippen LogP contribution >= 0.6 is 0 Å². The molecule has 0 aromatic carbocycles. The molecule has 3 fully saturated rings. The molecule has 1 N–H and O–H groups in total. The number of hydrogen-bond donors (Lipinski definition) is 1. The topological polar surface area (TPSA) is 87.7 Å². The molecule has 0 unspecified atom stereocenters. The van der Waals surface area contributed by atoms with Crippen molar-refractivity contribution in [3.63, 3.8) is 0 Å². The van der Waals surface area contributed by atoms with Crippen LogP contribution in [0.25, 0.3) is 0 Å². The zero-order chi connectivity index (χ0) is 21.6. The van der Waals surface area contributed by atoms with Gasteiger partial charge in [-0.25, -0.2) is 9.97 Å². The Balaban J connectivity index is 1.26. The third-order valence-corrected chi connectivity index (χ3v) is 6.59. The predicted molar refractivity (Wildman–Crippen MR) is 119 cm³/mol. The van der Waals surface area contributed by atoms with E-state index in [1.807, 2.05) is 11.8 Å². The second kappa shape index (κ2) is 10.3. The van der Waals surface area contributed by atoms with Crippen molar-refractivity contribution >= 4 is 23.5 Å². The van der Waals surface area contributed by atoms with Crippen LogP contribution in [0.4, 0.5) is 11.6 Å². The van der Waals surface area contributed by atoms with E-state index in [0.717, 1.165) is 63.4 Å². The first-order valence-electron chi connectivity index (χ1n) is 11.9. The highest BCUT2D eigenvalue weighted by Crippen LogP contribution is 2.28. The van der Waals surface area contributed by atoms with Gasteiger partial charge in [-0.05, 0) is 57.8 Å². The maximum absolute atomic E-state index is 12.8. The third kappa shape index (κ3) is 6.08. The van der Waals surface area contributed by atoms with Crippen LogP contribution in [0.15, 0.2) is 12.4 Å². The molecule has 1 aromatic rings. The van der Waals surface area contributed by atoms with E-state index in [2.05, 4.69) is 26.3 Å². The molecule has 170 valence electrons. The van der Waals surface area contributed by atoms with Crippen molar-refractivity contribution in [1.82, 2.24) is 14.9 Å². The second-order valence-electron chi connectivity index (χ2n) is 9.10. The van der Waals surface area contributed by atoms with E-state index in [4.69, 9.17) is 4.74 Å². The van der Waals surface area contributed by atoms with Gasteiger partial charge in [0.25, 0.3) is 0 Å². The van der Waals surface area contributed by atoms with Gasteiger partial charge in [0.1, 0.15) is 18.0 Å². The summed E-state index contributed by atoms with van der Waals surface area (Å²) in [4.78, 5) is 37.9. The highest BCUT2D eigenvalue weighted by Gasteiger charge is 2.30. The van der Waals surface area contributed by atoms with Crippen molar-refractivity contribution in [2.75, 3.05) is 43.0 Å². The molecular formula is C23H35N5O3. The summed E-state index contributed by atoms with van der Waals surface area (Å²) in [6.45, 7) is 5.40. The summed E-state index contributed by atoms with van der Waals surface area (Å²) < 4.78 is 5.15. The lowest BCUT2D eigenvalue weighted by molar-refractivity contribution is -0.151. The number of likely N-dealkylation sites (tertiary alicyclic amines) is 1. The van der Waals surface area contributed by atoms with Gasteiger partial charge in [0.2, 0.25) is 5.91 Å². The van der Waals surface area contributed by atoms with E-state index in [-0.39, 0.29) is 17.8 Å². The number of ether oxygens (including phenoxy) is 1. The Hall–Kier alpha value is -2.38. The zero-order valence-electron chi connectivity index (χ0n) is 18.6. The highest BCUT2D eigenvalue weighted by molar-refractivity contribution is 5.78. The zero-order valence-corrected chi connectivity index (χ0v) is 18.6. The molecule has 0 bridgehead atoms. The minimum Gasteiger partial charge on any atom is -0.466 e. The van der Waals surface area contributed by atoms with Crippen LogP contribution in [-0.4, -0.2) is 65.6 Å². The van der Waals surface area contributed by atoms with E-state index in [1.165, 1.54) is 12.8 Å². The minimum absolute atomic E-state index is 0.164. The highest BCUT2D eigenvalue weighted by atomic mass is 16.5. The summed E-state index contributed by atoms with van der Waals surface area (Å²) in [6.07, 6.45) is 9.46. The van der Waals surface area contributed by atoms with Crippen LogP contribution < -0.4 is 10.2 Å². The van der Waals surface area contributed by atoms with Gasteiger partial charge in [-0.1, -0.05) is 0 Å². The molecule has 3 heterocycles. The summed E-state index contributed by atoms with van der Waals surface area (Å²) in [5.41, 5.74) is 0. The van der Waals surface area contributed by atoms with Gasteiger partial charge in [0.05, 0.1) is 12.5 Å². The van der Waals surface area contributed by atoms with Gasteiger partial charge >= 0.3 is 5.97 Å². The average Bonchev–Trinajstić information content (AvgIpc) is 3.62. The molecule has 8 nitrogen and oxygen atoms in total. The van der Waals surface area contributed by atoms with Crippen molar-refractivity contribution in [1.29, 1.82) is 0 Å². The number of rotatable bonds is 8. The molecule has 0 radical (unpaired) electrons. The first-order chi connectivity index (χ1) is 15.1. The van der Waals surface area contributed by atoms with E-state index in [9.17, 15) is 9.59 Å². The number of aromatic nitrogens is 2. The second-order valence-corrected chi connectivity index (χ2v) is 9.10. The average molecular weight is 430 g/mol. The number of carbonyl (C=O) groups is 2. The Kier molecular flexibility index (Phi) is 7.25. The van der Waals surface area contributed by atoms with Crippen LogP contribution in [0.2, 0.25) is 0 Å². The van der Waals surface area contributed by atoms with E-state index < -0.39 is 0 Å². The fourth-order valence-corrected chi connectivity index (χ4v) is 4.69. The summed E-state index contributed by atoms with van der Waals surface area (Å²) >= 11 is 0. The quantitative estimate of drug-likeness (QED) is 0.636. The number of nitrogens with zero attached hydrogens (tertiary/aromatic N) is 4. The maximum atomic E-state index is 12.8. The fourth-order valence-electron chi connectivity index (χ4n) is 4.69. The Morgan fingerprint density at radius 3 is 2.77 bits per heavy atom. The Labute approximate surface area is 184 Å². The summed E-state index contributed by atoms with van der Waals surface area (Å²) in [5.74, 6) is 2.21. The van der Waals surface area contributed by atoms with Gasteiger partial charge in [0, 0.05) is 44.7 Å². The number of piperidine rings is 2. The smallest absolute Gasteiger partial charge is 0.310 e. The van der Waals surface area contributed by atoms with Crippen molar-refractivity contribution in [3.8, 4) is 0 Å². The van der Waals surface area contributed by atoms with Crippen LogP contribution in [0.3, 0.4) is 0 Å². The van der Waals surface area contributed by atoms with Crippen LogP contribution in [-0.2, 0) is 14.3 Å². The maximum Gasteiger partial charge on any atom is 0.310 e.